The second-order valence-corrected chi connectivity index (χ2v) is 9.24. The molecular formula is C26H30N4O2S. The van der Waals surface area contributed by atoms with E-state index in [0.717, 1.165) is 31.1 Å². The molecule has 0 bridgehead atoms. The van der Waals surface area contributed by atoms with Gasteiger partial charge in [0, 0.05) is 25.2 Å². The van der Waals surface area contributed by atoms with Crippen molar-refractivity contribution in [2.45, 2.75) is 39.4 Å². The molecule has 0 unspecified atom stereocenters. The number of carbonyl (C=O) groups excluding carboxylic acids is 1. The van der Waals surface area contributed by atoms with Gasteiger partial charge in [-0.25, -0.2) is 0 Å². The Labute approximate surface area is 198 Å². The van der Waals surface area contributed by atoms with E-state index in [1.54, 1.807) is 24.3 Å². The van der Waals surface area contributed by atoms with Gasteiger partial charge in [0.1, 0.15) is 0 Å². The summed E-state index contributed by atoms with van der Waals surface area (Å²) in [5, 5.41) is 3.45. The minimum Gasteiger partial charge on any atom is -0.348 e. The van der Waals surface area contributed by atoms with Crippen molar-refractivity contribution in [1.82, 2.24) is 19.8 Å². The topological polar surface area (TPSA) is 70.1 Å². The van der Waals surface area contributed by atoms with Gasteiger partial charge in [0.2, 0.25) is 0 Å². The third kappa shape index (κ3) is 5.49. The molecule has 1 aromatic heterocycles. The molecule has 0 radical (unpaired) electrons. The highest BCUT2D eigenvalue weighted by Crippen LogP contribution is 2.18. The number of H-pyrrole nitrogens is 1. The van der Waals surface area contributed by atoms with Crippen molar-refractivity contribution in [2.75, 3.05) is 13.1 Å². The van der Waals surface area contributed by atoms with Crippen molar-refractivity contribution >= 4 is 29.0 Å². The first-order valence-corrected chi connectivity index (χ1v) is 11.8. The molecule has 0 saturated carbocycles. The monoisotopic (exact) mass is 462 g/mol. The minimum absolute atomic E-state index is 0.195. The molecule has 1 aliphatic heterocycles. The third-order valence-corrected chi connectivity index (χ3v) is 6.64. The number of nitrogens with zero attached hydrogens (tertiary/aromatic N) is 2. The summed E-state index contributed by atoms with van der Waals surface area (Å²) in [6.07, 6.45) is 4.17. The van der Waals surface area contributed by atoms with E-state index in [9.17, 15) is 9.59 Å². The molecular weight excluding hydrogens is 432 g/mol. The maximum absolute atomic E-state index is 12.7. The van der Waals surface area contributed by atoms with E-state index in [-0.39, 0.29) is 11.5 Å². The Balaban J connectivity index is 1.39. The van der Waals surface area contributed by atoms with Crippen LogP contribution in [0.1, 0.15) is 41.3 Å². The fraction of sp³-hybridized carbons (Fsp3) is 0.346. The number of rotatable bonds is 7. The number of carbonyl (C=O) groups is 1. The number of amides is 1. The molecule has 1 fully saturated rings. The number of allylic oxidation sites excluding steroid dienone is 1. The van der Waals surface area contributed by atoms with E-state index < -0.39 is 0 Å². The second kappa shape index (κ2) is 10.3. The van der Waals surface area contributed by atoms with Crippen LogP contribution in [0.5, 0.6) is 0 Å². The SMILES string of the molecule is C=CCn1c(=S)[nH]c2cc(C(=O)NCc3ccc(CN4CCC(C)CC4)cc3)ccc2c1=O. The number of hydrogen-bond acceptors (Lipinski definition) is 4. The zero-order valence-electron chi connectivity index (χ0n) is 19.0. The maximum atomic E-state index is 12.7. The Hall–Kier alpha value is -3.03. The lowest BCUT2D eigenvalue weighted by Crippen LogP contribution is -2.32. The zero-order chi connectivity index (χ0) is 23.4. The molecule has 0 spiro atoms. The Morgan fingerprint density at radius 1 is 1.18 bits per heavy atom. The third-order valence-electron chi connectivity index (χ3n) is 6.31. The molecule has 1 amide bonds. The first-order valence-electron chi connectivity index (χ1n) is 11.4. The average molecular weight is 463 g/mol. The molecule has 33 heavy (non-hydrogen) atoms. The summed E-state index contributed by atoms with van der Waals surface area (Å²) in [6.45, 7) is 10.1. The number of piperidine rings is 1. The summed E-state index contributed by atoms with van der Waals surface area (Å²) < 4.78 is 1.75. The van der Waals surface area contributed by atoms with E-state index in [0.29, 0.717) is 34.3 Å². The van der Waals surface area contributed by atoms with Gasteiger partial charge in [-0.2, -0.15) is 0 Å². The van der Waals surface area contributed by atoms with E-state index in [1.807, 2.05) is 0 Å². The highest BCUT2D eigenvalue weighted by atomic mass is 32.1. The normalized spacial score (nSPS) is 14.9. The highest BCUT2D eigenvalue weighted by molar-refractivity contribution is 7.71. The van der Waals surface area contributed by atoms with E-state index in [2.05, 4.69) is 53.0 Å². The molecule has 7 heteroatoms. The van der Waals surface area contributed by atoms with Crippen LogP contribution in [-0.2, 0) is 19.6 Å². The Morgan fingerprint density at radius 2 is 1.88 bits per heavy atom. The lowest BCUT2D eigenvalue weighted by atomic mass is 9.99. The Morgan fingerprint density at radius 3 is 2.58 bits per heavy atom. The fourth-order valence-corrected chi connectivity index (χ4v) is 4.48. The van der Waals surface area contributed by atoms with Crippen LogP contribution in [-0.4, -0.2) is 33.4 Å². The summed E-state index contributed by atoms with van der Waals surface area (Å²) in [5.41, 5.74) is 3.18. The standard InChI is InChI=1S/C26H30N4O2S/c1-3-12-30-25(32)22-9-8-21(15-23(22)28-26(30)33)24(31)27-16-19-4-6-20(7-5-19)17-29-13-10-18(2)11-14-29/h3-9,15,18H,1,10-14,16-17H2,2H3,(H,27,31)(H,28,33). The summed E-state index contributed by atoms with van der Waals surface area (Å²) >= 11 is 5.28. The average Bonchev–Trinajstić information content (AvgIpc) is 2.82. The summed E-state index contributed by atoms with van der Waals surface area (Å²) in [4.78, 5) is 30.9. The van der Waals surface area contributed by atoms with Crippen molar-refractivity contribution in [1.29, 1.82) is 0 Å². The molecule has 6 nitrogen and oxygen atoms in total. The van der Waals surface area contributed by atoms with Crippen LogP contribution in [0.2, 0.25) is 0 Å². The molecule has 4 rings (SSSR count). The van der Waals surface area contributed by atoms with Gasteiger partial charge in [0.25, 0.3) is 11.5 Å². The maximum Gasteiger partial charge on any atom is 0.262 e. The molecule has 2 heterocycles. The van der Waals surface area contributed by atoms with E-state index >= 15 is 0 Å². The van der Waals surface area contributed by atoms with Crippen molar-refractivity contribution in [2.24, 2.45) is 5.92 Å². The number of hydrogen-bond donors (Lipinski definition) is 2. The summed E-state index contributed by atoms with van der Waals surface area (Å²) in [7, 11) is 0. The number of aromatic amines is 1. The molecule has 0 atom stereocenters. The van der Waals surface area contributed by atoms with E-state index in [4.69, 9.17) is 12.2 Å². The molecule has 1 aliphatic rings. The molecule has 2 aromatic carbocycles. The smallest absolute Gasteiger partial charge is 0.262 e. The van der Waals surface area contributed by atoms with Crippen LogP contribution < -0.4 is 10.9 Å². The summed E-state index contributed by atoms with van der Waals surface area (Å²) in [5.74, 6) is 0.639. The molecule has 2 N–H and O–H groups in total. The molecule has 172 valence electrons. The highest BCUT2D eigenvalue weighted by Gasteiger charge is 2.15. The molecule has 1 saturated heterocycles. The predicted octanol–water partition coefficient (Wildman–Crippen LogP) is 4.41. The van der Waals surface area contributed by atoms with Gasteiger partial charge in [0.15, 0.2) is 4.77 Å². The Bertz CT molecular complexity index is 1270. The van der Waals surface area contributed by atoms with Crippen molar-refractivity contribution < 1.29 is 4.79 Å². The number of aromatic nitrogens is 2. The second-order valence-electron chi connectivity index (χ2n) is 8.85. The molecule has 0 aliphatic carbocycles. The van der Waals surface area contributed by atoms with Crippen molar-refractivity contribution in [3.05, 3.63) is 86.9 Å². The summed E-state index contributed by atoms with van der Waals surface area (Å²) in [6, 6.07) is 13.4. The van der Waals surface area contributed by atoms with Gasteiger partial charge in [-0.05, 0) is 73.4 Å². The lowest BCUT2D eigenvalue weighted by Gasteiger charge is -2.30. The fourth-order valence-electron chi connectivity index (χ4n) is 4.22. The van der Waals surface area contributed by atoms with Crippen molar-refractivity contribution in [3.8, 4) is 0 Å². The zero-order valence-corrected chi connectivity index (χ0v) is 19.8. The van der Waals surface area contributed by atoms with Crippen LogP contribution >= 0.6 is 12.2 Å². The van der Waals surface area contributed by atoms with Crippen LogP contribution in [0.15, 0.2) is 59.9 Å². The first-order chi connectivity index (χ1) is 15.9. The number of nitrogens with one attached hydrogen (secondary N) is 2. The number of likely N-dealkylation sites (tertiary alicyclic amines) is 1. The largest absolute Gasteiger partial charge is 0.348 e. The number of fused-ring (bicyclic) bond motifs is 1. The van der Waals surface area contributed by atoms with Gasteiger partial charge in [-0.1, -0.05) is 37.3 Å². The Kier molecular flexibility index (Phi) is 7.20. The quantitative estimate of drug-likeness (QED) is 0.403. The van der Waals surface area contributed by atoms with Crippen molar-refractivity contribution in [3.63, 3.8) is 0 Å². The predicted molar refractivity (Wildman–Crippen MR) is 135 cm³/mol. The van der Waals surface area contributed by atoms with Crippen LogP contribution in [0.4, 0.5) is 0 Å². The first kappa shape index (κ1) is 23.1. The van der Waals surface area contributed by atoms with Crippen LogP contribution in [0.3, 0.4) is 0 Å². The molecule has 3 aromatic rings. The van der Waals surface area contributed by atoms with Gasteiger partial charge in [-0.15, -0.1) is 6.58 Å². The van der Waals surface area contributed by atoms with Gasteiger partial charge >= 0.3 is 0 Å². The minimum atomic E-state index is -0.196. The lowest BCUT2D eigenvalue weighted by molar-refractivity contribution is 0.0951. The van der Waals surface area contributed by atoms with Crippen LogP contribution in [0.25, 0.3) is 10.9 Å². The van der Waals surface area contributed by atoms with Gasteiger partial charge in [-0.3, -0.25) is 19.1 Å². The van der Waals surface area contributed by atoms with Crippen LogP contribution in [0, 0.1) is 10.7 Å². The van der Waals surface area contributed by atoms with E-state index in [1.165, 1.54) is 23.0 Å². The van der Waals surface area contributed by atoms with Gasteiger partial charge < -0.3 is 10.3 Å². The number of benzene rings is 2. The van der Waals surface area contributed by atoms with Gasteiger partial charge in [0.05, 0.1) is 10.9 Å².